The molecule has 322 valence electrons. The van der Waals surface area contributed by atoms with Gasteiger partial charge in [0.25, 0.3) is 0 Å². The van der Waals surface area contributed by atoms with E-state index in [9.17, 15) is 0 Å². The number of hydrogen-bond acceptors (Lipinski definition) is 1. The van der Waals surface area contributed by atoms with Crippen LogP contribution in [-0.2, 0) is 0 Å². The second-order valence-corrected chi connectivity index (χ2v) is 20.1. The van der Waals surface area contributed by atoms with Gasteiger partial charge in [0.15, 0.2) is 0 Å². The number of aryl methyl sites for hydroxylation is 8. The molecule has 0 N–H and O–H groups in total. The molecule has 9 aromatic carbocycles. The molecule has 3 aromatic heterocycles. The Hall–Kier alpha value is -7.82. The Bertz CT molecular complexity index is 4060. The third-order valence-corrected chi connectivity index (χ3v) is 15.2. The van der Waals surface area contributed by atoms with E-state index in [0.29, 0.717) is 0 Å². The number of benzene rings is 9. The predicted octanol–water partition coefficient (Wildman–Crippen LogP) is 16.7. The van der Waals surface area contributed by atoms with Crippen LogP contribution in [0.1, 0.15) is 67.1 Å². The Balaban J connectivity index is 1.30. The number of fused-ring (bicyclic) bond motifs is 13. The van der Waals surface area contributed by atoms with Crippen LogP contribution in [0.4, 0.5) is 17.1 Å². The molecule has 5 heterocycles. The summed E-state index contributed by atoms with van der Waals surface area (Å²) >= 11 is 0. The summed E-state index contributed by atoms with van der Waals surface area (Å²) in [6.07, 6.45) is 0. The predicted molar refractivity (Wildman–Crippen MR) is 283 cm³/mol. The molecule has 67 heavy (non-hydrogen) atoms. The molecule has 1 atom stereocenters. The maximum absolute atomic E-state index is 2.68. The molecule has 0 bridgehead atoms. The largest absolute Gasteiger partial charge is 0.308 e. The number of aromatic nitrogens is 3. The van der Waals surface area contributed by atoms with Crippen molar-refractivity contribution in [3.8, 4) is 17.1 Å². The third kappa shape index (κ3) is 5.19. The third-order valence-electron chi connectivity index (χ3n) is 15.2. The molecular formula is C63H50N4. The van der Waals surface area contributed by atoms with E-state index in [2.05, 4.69) is 226 Å². The highest BCUT2D eigenvalue weighted by molar-refractivity contribution is 6.17. The van der Waals surface area contributed by atoms with E-state index >= 15 is 0 Å². The van der Waals surface area contributed by atoms with Crippen LogP contribution >= 0.6 is 0 Å². The molecule has 0 aliphatic carbocycles. The van der Waals surface area contributed by atoms with Gasteiger partial charge in [0.2, 0.25) is 0 Å². The van der Waals surface area contributed by atoms with E-state index in [1.165, 1.54) is 138 Å². The summed E-state index contributed by atoms with van der Waals surface area (Å²) in [5.74, 6) is -0.0280. The molecule has 0 fully saturated rings. The Morgan fingerprint density at radius 3 is 1.16 bits per heavy atom. The Morgan fingerprint density at radius 2 is 0.701 bits per heavy atom. The highest BCUT2D eigenvalue weighted by atomic mass is 15.2. The number of rotatable bonds is 4. The minimum absolute atomic E-state index is 0.0280. The monoisotopic (exact) mass is 862 g/mol. The van der Waals surface area contributed by atoms with Crippen molar-refractivity contribution in [1.82, 2.24) is 13.7 Å². The lowest BCUT2D eigenvalue weighted by molar-refractivity contribution is 0.877. The van der Waals surface area contributed by atoms with Crippen LogP contribution < -0.4 is 4.90 Å². The van der Waals surface area contributed by atoms with Gasteiger partial charge >= 0.3 is 0 Å². The quantitative estimate of drug-likeness (QED) is 0.172. The van der Waals surface area contributed by atoms with Gasteiger partial charge in [-0.3, -0.25) is 0 Å². The van der Waals surface area contributed by atoms with E-state index in [0.717, 1.165) is 22.7 Å². The minimum atomic E-state index is -0.0280. The van der Waals surface area contributed by atoms with Crippen molar-refractivity contribution in [1.29, 1.82) is 0 Å². The average molecular weight is 863 g/mol. The molecule has 2 aliphatic rings. The molecule has 4 heteroatoms. The zero-order chi connectivity index (χ0) is 45.3. The summed E-state index contributed by atoms with van der Waals surface area (Å²) in [5.41, 5.74) is 28.6. The van der Waals surface area contributed by atoms with Gasteiger partial charge in [-0.15, -0.1) is 0 Å². The van der Waals surface area contributed by atoms with Gasteiger partial charge in [0.1, 0.15) is 0 Å². The maximum Gasteiger partial charge on any atom is 0.0951 e. The van der Waals surface area contributed by atoms with Crippen LogP contribution in [0.5, 0.6) is 0 Å². The molecule has 0 amide bonds. The molecule has 14 rings (SSSR count). The van der Waals surface area contributed by atoms with Crippen molar-refractivity contribution in [2.75, 3.05) is 4.90 Å². The summed E-state index contributed by atoms with van der Waals surface area (Å²) < 4.78 is 7.91. The van der Waals surface area contributed by atoms with Crippen LogP contribution in [0.25, 0.3) is 82.5 Å². The van der Waals surface area contributed by atoms with Gasteiger partial charge < -0.3 is 18.6 Å². The van der Waals surface area contributed by atoms with Crippen molar-refractivity contribution < 1.29 is 0 Å². The van der Waals surface area contributed by atoms with Gasteiger partial charge in [-0.2, -0.15) is 0 Å². The lowest BCUT2D eigenvalue weighted by Crippen LogP contribution is -2.26. The topological polar surface area (TPSA) is 18.0 Å². The first-order valence-corrected chi connectivity index (χ1v) is 23.8. The highest BCUT2D eigenvalue weighted by Gasteiger charge is 2.42. The fourth-order valence-electron chi connectivity index (χ4n) is 12.3. The van der Waals surface area contributed by atoms with E-state index in [4.69, 9.17) is 0 Å². The second-order valence-electron chi connectivity index (χ2n) is 20.1. The van der Waals surface area contributed by atoms with Gasteiger partial charge in [0.05, 0.1) is 55.8 Å². The normalized spacial score (nSPS) is 13.8. The fourth-order valence-corrected chi connectivity index (χ4v) is 12.3. The van der Waals surface area contributed by atoms with Crippen molar-refractivity contribution in [2.24, 2.45) is 0 Å². The first-order chi connectivity index (χ1) is 32.5. The molecule has 1 unspecified atom stereocenters. The zero-order valence-electron chi connectivity index (χ0n) is 39.3. The smallest absolute Gasteiger partial charge is 0.0951 e. The van der Waals surface area contributed by atoms with Gasteiger partial charge in [-0.1, -0.05) is 105 Å². The van der Waals surface area contributed by atoms with Gasteiger partial charge in [-0.25, -0.2) is 0 Å². The van der Waals surface area contributed by atoms with Gasteiger partial charge in [-0.05, 0) is 158 Å². The second kappa shape index (κ2) is 13.4. The Morgan fingerprint density at radius 1 is 0.328 bits per heavy atom. The maximum atomic E-state index is 2.68. The van der Waals surface area contributed by atoms with Crippen LogP contribution in [-0.4, -0.2) is 13.7 Å². The van der Waals surface area contributed by atoms with Crippen LogP contribution in [0.3, 0.4) is 0 Å². The average Bonchev–Trinajstić information content (AvgIpc) is 3.92. The van der Waals surface area contributed by atoms with Crippen LogP contribution in [0, 0.1) is 55.4 Å². The number of nitrogens with zero attached hydrogens (tertiary/aromatic N) is 4. The lowest BCUT2D eigenvalue weighted by Gasteiger charge is -2.40. The summed E-state index contributed by atoms with van der Waals surface area (Å²) in [6, 6.07) is 59.0. The summed E-state index contributed by atoms with van der Waals surface area (Å²) in [6.45, 7) is 17.9. The molecule has 0 radical (unpaired) electrons. The molecule has 2 aliphatic heterocycles. The lowest BCUT2D eigenvalue weighted by atomic mass is 9.76. The zero-order valence-corrected chi connectivity index (χ0v) is 39.3. The molecule has 0 spiro atoms. The van der Waals surface area contributed by atoms with Crippen molar-refractivity contribution in [2.45, 2.75) is 61.3 Å². The molecule has 0 saturated carbocycles. The van der Waals surface area contributed by atoms with Crippen LogP contribution in [0.15, 0.2) is 152 Å². The summed E-state index contributed by atoms with van der Waals surface area (Å²) in [4.78, 5) is 2.57. The van der Waals surface area contributed by atoms with Crippen molar-refractivity contribution in [3.63, 3.8) is 0 Å². The Labute approximate surface area is 390 Å². The SMILES string of the molecule is Cc1ccc(N(c2ccc(C)cc2)c2c(-n3c4ccc(C)cc4c4cc(C)ccc43)cc3c4c2-n2c5ccc(C)cc5c5cc(C)cc(c52)C4c2cc(C)cc4c5cc(C)ccc5n-3c24)cc1. The number of anilines is 3. The van der Waals surface area contributed by atoms with E-state index < -0.39 is 0 Å². The molecule has 12 aromatic rings. The summed E-state index contributed by atoms with van der Waals surface area (Å²) in [7, 11) is 0. The number of hydrogen-bond donors (Lipinski definition) is 0. The summed E-state index contributed by atoms with van der Waals surface area (Å²) in [5, 5.41) is 7.75. The molecular weight excluding hydrogens is 813 g/mol. The standard InChI is InChI=1S/C63H50N4/c1-34-9-17-42(18-10-34)64(43-19-11-35(2)12-20-43)62-57(65-52-21-13-36(3)25-44(52)45-26-37(4)14-22-53(45)65)33-56-59-58(50-31-40(7)29-48-46-27-38(5)15-23-54(46)66(56)60(48)50)51-32-41(8)30-49-47-28-39(6)16-24-55(47)67(61(49)51)63(59)62/h9-33,58H,1-8H3. The van der Waals surface area contributed by atoms with E-state index in [1.54, 1.807) is 0 Å². The Kier molecular flexibility index (Phi) is 7.69. The minimum Gasteiger partial charge on any atom is -0.308 e. The highest BCUT2D eigenvalue weighted by Crippen LogP contribution is 2.59. The molecule has 4 nitrogen and oxygen atoms in total. The van der Waals surface area contributed by atoms with E-state index in [1.807, 2.05) is 0 Å². The van der Waals surface area contributed by atoms with Crippen LogP contribution in [0.2, 0.25) is 0 Å². The van der Waals surface area contributed by atoms with E-state index in [-0.39, 0.29) is 5.92 Å². The fraction of sp³-hybridized carbons (Fsp3) is 0.143. The van der Waals surface area contributed by atoms with Crippen molar-refractivity contribution in [3.05, 3.63) is 213 Å². The molecule has 0 saturated heterocycles. The first-order valence-electron chi connectivity index (χ1n) is 23.8. The first kappa shape index (κ1) is 38.4. The van der Waals surface area contributed by atoms with Crippen molar-refractivity contribution >= 4 is 82.5 Å². The van der Waals surface area contributed by atoms with Gasteiger partial charge in [0, 0.05) is 55.2 Å².